The molecule has 1 aromatic carbocycles. The van der Waals surface area contributed by atoms with Gasteiger partial charge in [0.25, 0.3) is 0 Å². The zero-order chi connectivity index (χ0) is 16.7. The molecule has 0 aliphatic heterocycles. The Hall–Kier alpha value is -2.21. The lowest BCUT2D eigenvalue weighted by molar-refractivity contribution is 0.294. The number of aromatic nitrogens is 2. The molecule has 2 aromatic rings. The number of unbranched alkanes of at least 4 members (excludes halogenated alkanes) is 1. The van der Waals surface area contributed by atoms with Gasteiger partial charge in [0.05, 0.1) is 6.61 Å². The number of ether oxygens (including phenoxy) is 1. The standard InChI is InChI=1S/C17H22N4OS/c1-4-5-11-22-15-10-9-14(20-21-15)18-17(23)19-16-12(2)7-6-8-13(16)3/h6-10H,4-5,11H2,1-3H3,(H2,18,19,20,23). The van der Waals surface area contributed by atoms with E-state index in [2.05, 4.69) is 27.8 Å². The zero-order valence-electron chi connectivity index (χ0n) is 13.7. The van der Waals surface area contributed by atoms with E-state index >= 15 is 0 Å². The van der Waals surface area contributed by atoms with Crippen LogP contribution in [0.5, 0.6) is 5.88 Å². The third-order valence-electron chi connectivity index (χ3n) is 3.35. The fourth-order valence-electron chi connectivity index (χ4n) is 2.06. The van der Waals surface area contributed by atoms with Gasteiger partial charge in [0.15, 0.2) is 10.9 Å². The number of anilines is 2. The molecule has 5 nitrogen and oxygen atoms in total. The van der Waals surface area contributed by atoms with E-state index in [-0.39, 0.29) is 0 Å². The number of thiocarbonyl (C=S) groups is 1. The molecule has 2 N–H and O–H groups in total. The summed E-state index contributed by atoms with van der Waals surface area (Å²) >= 11 is 5.33. The first-order valence-corrected chi connectivity index (χ1v) is 8.11. The number of nitrogens with one attached hydrogen (secondary N) is 2. The molecule has 0 unspecified atom stereocenters. The van der Waals surface area contributed by atoms with Gasteiger partial charge in [0, 0.05) is 11.8 Å². The van der Waals surface area contributed by atoms with Crippen LogP contribution in [0.15, 0.2) is 30.3 Å². The third kappa shape index (κ3) is 5.17. The molecule has 1 heterocycles. The van der Waals surface area contributed by atoms with Gasteiger partial charge in [-0.1, -0.05) is 31.5 Å². The SMILES string of the molecule is CCCCOc1ccc(NC(=S)Nc2c(C)cccc2C)nn1. The number of hydrogen-bond donors (Lipinski definition) is 2. The number of nitrogens with zero attached hydrogens (tertiary/aromatic N) is 2. The minimum atomic E-state index is 0.483. The second-order valence-electron chi connectivity index (χ2n) is 5.30. The smallest absolute Gasteiger partial charge is 0.233 e. The van der Waals surface area contributed by atoms with E-state index in [1.165, 1.54) is 0 Å². The van der Waals surface area contributed by atoms with Gasteiger partial charge in [0.2, 0.25) is 5.88 Å². The van der Waals surface area contributed by atoms with E-state index in [4.69, 9.17) is 17.0 Å². The van der Waals surface area contributed by atoms with Crippen LogP contribution >= 0.6 is 12.2 Å². The fourth-order valence-corrected chi connectivity index (χ4v) is 2.26. The van der Waals surface area contributed by atoms with Crippen LogP contribution in [0.4, 0.5) is 11.5 Å². The zero-order valence-corrected chi connectivity index (χ0v) is 14.5. The van der Waals surface area contributed by atoms with Gasteiger partial charge in [-0.3, -0.25) is 0 Å². The Balaban J connectivity index is 1.92. The van der Waals surface area contributed by atoms with Crippen LogP contribution in [0.2, 0.25) is 0 Å². The summed E-state index contributed by atoms with van der Waals surface area (Å²) in [7, 11) is 0. The molecular formula is C17H22N4OS. The molecule has 122 valence electrons. The molecule has 0 aliphatic carbocycles. The van der Waals surface area contributed by atoms with Gasteiger partial charge in [-0.25, -0.2) is 0 Å². The monoisotopic (exact) mass is 330 g/mol. The van der Waals surface area contributed by atoms with Gasteiger partial charge in [-0.05, 0) is 49.7 Å². The van der Waals surface area contributed by atoms with E-state index < -0.39 is 0 Å². The normalized spacial score (nSPS) is 10.2. The highest BCUT2D eigenvalue weighted by molar-refractivity contribution is 7.80. The van der Waals surface area contributed by atoms with Crippen molar-refractivity contribution >= 4 is 28.8 Å². The van der Waals surface area contributed by atoms with Crippen molar-refractivity contribution in [3.8, 4) is 5.88 Å². The van der Waals surface area contributed by atoms with Crippen molar-refractivity contribution in [3.63, 3.8) is 0 Å². The summed E-state index contributed by atoms with van der Waals surface area (Å²) in [6, 6.07) is 9.69. The van der Waals surface area contributed by atoms with E-state index in [0.29, 0.717) is 23.4 Å². The predicted octanol–water partition coefficient (Wildman–Crippen LogP) is 4.08. The summed E-state index contributed by atoms with van der Waals surface area (Å²) < 4.78 is 5.48. The van der Waals surface area contributed by atoms with Crippen LogP contribution in [0, 0.1) is 13.8 Å². The first kappa shape index (κ1) is 17.1. The summed E-state index contributed by atoms with van der Waals surface area (Å²) in [4.78, 5) is 0. The highest BCUT2D eigenvalue weighted by atomic mass is 32.1. The molecule has 0 radical (unpaired) electrons. The Morgan fingerprint density at radius 2 is 1.83 bits per heavy atom. The average Bonchev–Trinajstić information content (AvgIpc) is 2.53. The molecule has 0 bridgehead atoms. The van der Waals surface area contributed by atoms with Crippen molar-refractivity contribution in [2.75, 3.05) is 17.2 Å². The first-order chi connectivity index (χ1) is 11.1. The van der Waals surface area contributed by atoms with Crippen molar-refractivity contribution in [1.29, 1.82) is 0 Å². The molecule has 0 fully saturated rings. The number of hydrogen-bond acceptors (Lipinski definition) is 4. The molecule has 1 aromatic heterocycles. The van der Waals surface area contributed by atoms with Gasteiger partial charge in [-0.2, -0.15) is 0 Å². The van der Waals surface area contributed by atoms with E-state index in [1.807, 2.05) is 32.0 Å². The minimum absolute atomic E-state index is 0.483. The van der Waals surface area contributed by atoms with Crippen LogP contribution < -0.4 is 15.4 Å². The van der Waals surface area contributed by atoms with Gasteiger partial charge in [0.1, 0.15) is 0 Å². The molecule has 0 atom stereocenters. The molecule has 6 heteroatoms. The summed E-state index contributed by atoms with van der Waals surface area (Å²) in [5.74, 6) is 1.11. The Morgan fingerprint density at radius 1 is 1.09 bits per heavy atom. The van der Waals surface area contributed by atoms with Crippen molar-refractivity contribution in [2.45, 2.75) is 33.6 Å². The van der Waals surface area contributed by atoms with Crippen LogP contribution in [0.1, 0.15) is 30.9 Å². The maximum Gasteiger partial charge on any atom is 0.233 e. The first-order valence-electron chi connectivity index (χ1n) is 7.71. The molecular weight excluding hydrogens is 308 g/mol. The number of benzene rings is 1. The maximum absolute atomic E-state index is 5.48. The Kier molecular flexibility index (Phi) is 6.29. The highest BCUT2D eigenvalue weighted by Crippen LogP contribution is 2.19. The second kappa shape index (κ2) is 8.43. The third-order valence-corrected chi connectivity index (χ3v) is 3.55. The van der Waals surface area contributed by atoms with Gasteiger partial charge >= 0.3 is 0 Å². The van der Waals surface area contributed by atoms with Crippen molar-refractivity contribution in [2.24, 2.45) is 0 Å². The summed E-state index contributed by atoms with van der Waals surface area (Å²) in [6.07, 6.45) is 2.09. The molecule has 0 saturated heterocycles. The summed E-state index contributed by atoms with van der Waals surface area (Å²) in [5.41, 5.74) is 3.29. The molecule has 23 heavy (non-hydrogen) atoms. The summed E-state index contributed by atoms with van der Waals surface area (Å²) in [5, 5.41) is 14.8. The van der Waals surface area contributed by atoms with Gasteiger partial charge in [-0.15, -0.1) is 10.2 Å². The predicted molar refractivity (Wildman–Crippen MR) is 98.2 cm³/mol. The fraction of sp³-hybridized carbons (Fsp3) is 0.353. The topological polar surface area (TPSA) is 59.1 Å². The van der Waals surface area contributed by atoms with E-state index in [1.54, 1.807) is 12.1 Å². The number of rotatable bonds is 6. The molecule has 0 saturated carbocycles. The number of para-hydroxylation sites is 1. The number of aryl methyl sites for hydroxylation is 2. The van der Waals surface area contributed by atoms with E-state index in [9.17, 15) is 0 Å². The maximum atomic E-state index is 5.48. The Labute approximate surface area is 142 Å². The van der Waals surface area contributed by atoms with Crippen molar-refractivity contribution < 1.29 is 4.74 Å². The lowest BCUT2D eigenvalue weighted by atomic mass is 10.1. The van der Waals surface area contributed by atoms with E-state index in [0.717, 1.165) is 29.7 Å². The van der Waals surface area contributed by atoms with Crippen LogP contribution in [-0.4, -0.2) is 21.9 Å². The Morgan fingerprint density at radius 3 is 2.43 bits per heavy atom. The average molecular weight is 330 g/mol. The lowest BCUT2D eigenvalue weighted by Gasteiger charge is -2.14. The lowest BCUT2D eigenvalue weighted by Crippen LogP contribution is -2.21. The molecule has 0 aliphatic rings. The van der Waals surface area contributed by atoms with Crippen LogP contribution in [0.3, 0.4) is 0 Å². The summed E-state index contributed by atoms with van der Waals surface area (Å²) in [6.45, 7) is 6.86. The van der Waals surface area contributed by atoms with Crippen molar-refractivity contribution in [1.82, 2.24) is 10.2 Å². The molecule has 0 amide bonds. The second-order valence-corrected chi connectivity index (χ2v) is 5.71. The molecule has 0 spiro atoms. The quantitative estimate of drug-likeness (QED) is 0.615. The molecule has 2 rings (SSSR count). The highest BCUT2D eigenvalue weighted by Gasteiger charge is 2.06. The largest absolute Gasteiger partial charge is 0.477 e. The minimum Gasteiger partial charge on any atom is -0.477 e. The van der Waals surface area contributed by atoms with Crippen molar-refractivity contribution in [3.05, 3.63) is 41.5 Å². The van der Waals surface area contributed by atoms with Crippen LogP contribution in [0.25, 0.3) is 0 Å². The van der Waals surface area contributed by atoms with Gasteiger partial charge < -0.3 is 15.4 Å². The van der Waals surface area contributed by atoms with Crippen LogP contribution in [-0.2, 0) is 0 Å². The Bertz CT molecular complexity index is 638.